The fourth-order valence-corrected chi connectivity index (χ4v) is 3.74. The second-order valence-corrected chi connectivity index (χ2v) is 7.61. The molecule has 4 aromatic rings. The first-order valence-electron chi connectivity index (χ1n) is 10.1. The fourth-order valence-electron chi connectivity index (χ4n) is 3.74. The normalized spacial score (nSPS) is 12.4. The summed E-state index contributed by atoms with van der Waals surface area (Å²) in [6.45, 7) is 3.50. The summed E-state index contributed by atoms with van der Waals surface area (Å²) in [7, 11) is 2.13. The van der Waals surface area contributed by atoms with Crippen molar-refractivity contribution in [3.05, 3.63) is 119 Å². The molecule has 0 fully saturated rings. The summed E-state index contributed by atoms with van der Waals surface area (Å²) >= 11 is 0. The topological polar surface area (TPSA) is 12.5 Å². The molecule has 0 amide bonds. The van der Waals surface area contributed by atoms with E-state index in [0.717, 1.165) is 6.54 Å². The van der Waals surface area contributed by atoms with Crippen molar-refractivity contribution < 1.29 is 4.74 Å². The van der Waals surface area contributed by atoms with E-state index in [1.807, 2.05) is 6.07 Å². The van der Waals surface area contributed by atoms with Gasteiger partial charge in [0.15, 0.2) is 0 Å². The largest absolute Gasteiger partial charge is 0.354 e. The zero-order chi connectivity index (χ0) is 20.1. The van der Waals surface area contributed by atoms with Crippen LogP contribution in [0, 0.1) is 6.92 Å². The van der Waals surface area contributed by atoms with Crippen LogP contribution in [0.15, 0.2) is 97.1 Å². The van der Waals surface area contributed by atoms with E-state index in [9.17, 15) is 0 Å². The third kappa shape index (κ3) is 4.73. The van der Waals surface area contributed by atoms with Crippen molar-refractivity contribution in [3.63, 3.8) is 0 Å². The molecule has 4 rings (SSSR count). The Morgan fingerprint density at radius 3 is 2.24 bits per heavy atom. The Hall–Kier alpha value is -2.94. The van der Waals surface area contributed by atoms with Crippen molar-refractivity contribution in [2.75, 3.05) is 7.05 Å². The molecule has 2 nitrogen and oxygen atoms in total. The number of benzene rings is 4. The van der Waals surface area contributed by atoms with Crippen molar-refractivity contribution >= 4 is 10.8 Å². The van der Waals surface area contributed by atoms with Gasteiger partial charge in [-0.1, -0.05) is 103 Å². The van der Waals surface area contributed by atoms with E-state index in [2.05, 4.69) is 110 Å². The zero-order valence-electron chi connectivity index (χ0n) is 17.1. The Kier molecular flexibility index (Phi) is 6.04. The van der Waals surface area contributed by atoms with E-state index in [-0.39, 0.29) is 6.23 Å². The predicted octanol–water partition coefficient (Wildman–Crippen LogP) is 6.50. The number of rotatable bonds is 7. The average molecular weight is 382 g/mol. The average Bonchev–Trinajstić information content (AvgIpc) is 2.76. The molecule has 0 spiro atoms. The third-order valence-electron chi connectivity index (χ3n) is 5.31. The molecule has 146 valence electrons. The van der Waals surface area contributed by atoms with Crippen LogP contribution in [0.2, 0.25) is 0 Å². The molecule has 0 aromatic heterocycles. The Labute approximate surface area is 173 Å². The van der Waals surface area contributed by atoms with Crippen LogP contribution in [0.3, 0.4) is 0 Å². The van der Waals surface area contributed by atoms with E-state index in [0.29, 0.717) is 6.61 Å². The van der Waals surface area contributed by atoms with E-state index in [4.69, 9.17) is 4.74 Å². The van der Waals surface area contributed by atoms with Gasteiger partial charge in [-0.15, -0.1) is 0 Å². The standard InChI is InChI=1S/C27H27NO/c1-21-15-17-22(18-16-21)20-29-27(24-10-4-3-5-11-24)28(2)19-25-13-8-12-23-9-6-7-14-26(23)25/h3-18,27H,19-20H2,1-2H3. The highest BCUT2D eigenvalue weighted by Crippen LogP contribution is 2.27. The summed E-state index contributed by atoms with van der Waals surface area (Å²) in [6, 6.07) is 34.1. The van der Waals surface area contributed by atoms with Gasteiger partial charge in [0.25, 0.3) is 0 Å². The minimum atomic E-state index is -0.114. The van der Waals surface area contributed by atoms with Crippen molar-refractivity contribution in [3.8, 4) is 0 Å². The highest BCUT2D eigenvalue weighted by atomic mass is 16.5. The Balaban J connectivity index is 1.57. The first-order chi connectivity index (χ1) is 14.2. The van der Waals surface area contributed by atoms with Crippen molar-refractivity contribution in [2.24, 2.45) is 0 Å². The van der Waals surface area contributed by atoms with Gasteiger partial charge in [0, 0.05) is 6.54 Å². The highest BCUT2D eigenvalue weighted by Gasteiger charge is 2.19. The number of ether oxygens (including phenoxy) is 1. The molecule has 0 aliphatic heterocycles. The quantitative estimate of drug-likeness (QED) is 0.339. The zero-order valence-corrected chi connectivity index (χ0v) is 17.1. The monoisotopic (exact) mass is 381 g/mol. The summed E-state index contributed by atoms with van der Waals surface area (Å²) in [5, 5.41) is 2.57. The van der Waals surface area contributed by atoms with Crippen LogP contribution in [0.4, 0.5) is 0 Å². The molecule has 0 aliphatic rings. The van der Waals surface area contributed by atoms with Gasteiger partial charge >= 0.3 is 0 Å². The summed E-state index contributed by atoms with van der Waals surface area (Å²) in [6.07, 6.45) is -0.114. The lowest BCUT2D eigenvalue weighted by Crippen LogP contribution is -2.26. The summed E-state index contributed by atoms with van der Waals surface area (Å²) in [4.78, 5) is 2.28. The number of nitrogens with zero attached hydrogens (tertiary/aromatic N) is 1. The van der Waals surface area contributed by atoms with E-state index in [1.54, 1.807) is 0 Å². The molecule has 0 saturated carbocycles. The van der Waals surface area contributed by atoms with Crippen molar-refractivity contribution in [1.29, 1.82) is 0 Å². The van der Waals surface area contributed by atoms with Gasteiger partial charge in [0.05, 0.1) is 6.61 Å². The number of aryl methyl sites for hydroxylation is 1. The van der Waals surface area contributed by atoms with Gasteiger partial charge in [-0.3, -0.25) is 4.90 Å². The molecule has 1 unspecified atom stereocenters. The van der Waals surface area contributed by atoms with Gasteiger partial charge < -0.3 is 4.74 Å². The Bertz CT molecular complexity index is 1050. The molecule has 4 aromatic carbocycles. The molecule has 29 heavy (non-hydrogen) atoms. The molecule has 0 aliphatic carbocycles. The maximum absolute atomic E-state index is 6.43. The van der Waals surface area contributed by atoms with Crippen molar-refractivity contribution in [1.82, 2.24) is 4.90 Å². The lowest BCUT2D eigenvalue weighted by atomic mass is 10.0. The Morgan fingerprint density at radius 2 is 1.45 bits per heavy atom. The van der Waals surface area contributed by atoms with Crippen LogP contribution >= 0.6 is 0 Å². The number of hydrogen-bond acceptors (Lipinski definition) is 2. The van der Waals surface area contributed by atoms with E-state index >= 15 is 0 Å². The van der Waals surface area contributed by atoms with Crippen LogP contribution in [0.5, 0.6) is 0 Å². The summed E-state index contributed by atoms with van der Waals surface area (Å²) < 4.78 is 6.43. The van der Waals surface area contributed by atoms with E-state index in [1.165, 1.54) is 33.0 Å². The first kappa shape index (κ1) is 19.4. The predicted molar refractivity (Wildman–Crippen MR) is 121 cm³/mol. The SMILES string of the molecule is Cc1ccc(COC(c2ccccc2)N(C)Cc2cccc3ccccc23)cc1. The summed E-state index contributed by atoms with van der Waals surface area (Å²) in [5.41, 5.74) is 4.93. The lowest BCUT2D eigenvalue weighted by molar-refractivity contribution is -0.0639. The fraction of sp³-hybridized carbons (Fsp3) is 0.185. The smallest absolute Gasteiger partial charge is 0.137 e. The molecule has 0 N–H and O–H groups in total. The molecular formula is C27H27NO. The van der Waals surface area contributed by atoms with Crippen LogP contribution in [0.1, 0.15) is 28.5 Å². The van der Waals surface area contributed by atoms with Gasteiger partial charge in [-0.05, 0) is 41.4 Å². The van der Waals surface area contributed by atoms with Gasteiger partial charge in [-0.25, -0.2) is 0 Å². The maximum Gasteiger partial charge on any atom is 0.137 e. The molecule has 1 atom stereocenters. The molecule has 0 heterocycles. The third-order valence-corrected chi connectivity index (χ3v) is 5.31. The van der Waals surface area contributed by atoms with E-state index < -0.39 is 0 Å². The minimum absolute atomic E-state index is 0.114. The van der Waals surface area contributed by atoms with Crippen LogP contribution < -0.4 is 0 Å². The first-order valence-corrected chi connectivity index (χ1v) is 10.1. The van der Waals surface area contributed by atoms with Crippen LogP contribution in [0.25, 0.3) is 10.8 Å². The highest BCUT2D eigenvalue weighted by molar-refractivity contribution is 5.85. The molecular weight excluding hydrogens is 354 g/mol. The van der Waals surface area contributed by atoms with Gasteiger partial charge in [0.2, 0.25) is 0 Å². The van der Waals surface area contributed by atoms with Gasteiger partial charge in [0.1, 0.15) is 6.23 Å². The summed E-state index contributed by atoms with van der Waals surface area (Å²) in [5.74, 6) is 0. The Morgan fingerprint density at radius 1 is 0.759 bits per heavy atom. The maximum atomic E-state index is 6.43. The van der Waals surface area contributed by atoms with Crippen LogP contribution in [-0.2, 0) is 17.9 Å². The minimum Gasteiger partial charge on any atom is -0.354 e. The molecule has 0 bridgehead atoms. The molecule has 2 heteroatoms. The van der Waals surface area contributed by atoms with Gasteiger partial charge in [-0.2, -0.15) is 0 Å². The van der Waals surface area contributed by atoms with Crippen molar-refractivity contribution in [2.45, 2.75) is 26.3 Å². The second kappa shape index (κ2) is 9.04. The lowest BCUT2D eigenvalue weighted by Gasteiger charge is -2.29. The number of fused-ring (bicyclic) bond motifs is 1. The molecule has 0 radical (unpaired) electrons. The van der Waals surface area contributed by atoms with Crippen LogP contribution in [-0.4, -0.2) is 11.9 Å². The number of hydrogen-bond donors (Lipinski definition) is 0. The second-order valence-electron chi connectivity index (χ2n) is 7.61. The molecule has 0 saturated heterocycles.